The predicted molar refractivity (Wildman–Crippen MR) is 149 cm³/mol. The summed E-state index contributed by atoms with van der Waals surface area (Å²) >= 11 is -2.28. The van der Waals surface area contributed by atoms with Crippen LogP contribution in [-0.4, -0.2) is 45.7 Å². The summed E-state index contributed by atoms with van der Waals surface area (Å²) < 4.78 is 22.1. The van der Waals surface area contributed by atoms with Crippen molar-refractivity contribution in [1.29, 1.82) is 0 Å². The van der Waals surface area contributed by atoms with Gasteiger partial charge in [-0.15, -0.1) is 0 Å². The van der Waals surface area contributed by atoms with Crippen LogP contribution in [0.5, 0.6) is 0 Å². The molecule has 1 aromatic carbocycles. The van der Waals surface area contributed by atoms with Crippen molar-refractivity contribution in [3.05, 3.63) is 84.1 Å². The van der Waals surface area contributed by atoms with E-state index in [0.29, 0.717) is 23.9 Å². The Morgan fingerprint density at radius 2 is 1.79 bits per heavy atom. The summed E-state index contributed by atoms with van der Waals surface area (Å²) in [4.78, 5) is 19.6. The highest BCUT2D eigenvalue weighted by atomic mass is 32.2. The van der Waals surface area contributed by atoms with E-state index < -0.39 is 11.3 Å². The lowest BCUT2D eigenvalue weighted by Crippen LogP contribution is -2.43. The van der Waals surface area contributed by atoms with Crippen LogP contribution in [0.25, 0.3) is 11.0 Å². The molecule has 4 aromatic rings. The fourth-order valence-corrected chi connectivity index (χ4v) is 5.89. The van der Waals surface area contributed by atoms with Crippen molar-refractivity contribution in [2.75, 3.05) is 4.72 Å². The smallest absolute Gasteiger partial charge is 0.136 e. The number of pyridine rings is 2. The van der Waals surface area contributed by atoms with Gasteiger partial charge in [0.15, 0.2) is 0 Å². The molecule has 1 saturated carbocycles. The molecule has 0 radical (unpaired) electrons. The van der Waals surface area contributed by atoms with Gasteiger partial charge in [0.1, 0.15) is 11.6 Å². The molecule has 0 saturated heterocycles. The van der Waals surface area contributed by atoms with Gasteiger partial charge >= 0.3 is 0 Å². The highest BCUT2D eigenvalue weighted by molar-refractivity contribution is 7.80. The lowest BCUT2D eigenvalue weighted by molar-refractivity contribution is 0.0761. The quantitative estimate of drug-likeness (QED) is 0.313. The molecule has 38 heavy (non-hydrogen) atoms. The molecule has 10 heteroatoms. The number of rotatable bonds is 6. The number of aromatic nitrogens is 4. The van der Waals surface area contributed by atoms with Crippen molar-refractivity contribution in [2.24, 2.45) is 5.73 Å². The van der Waals surface area contributed by atoms with Gasteiger partial charge in [-0.2, -0.15) is 0 Å². The summed E-state index contributed by atoms with van der Waals surface area (Å²) in [7, 11) is 0. The van der Waals surface area contributed by atoms with Gasteiger partial charge in [0, 0.05) is 35.7 Å². The van der Waals surface area contributed by atoms with Crippen molar-refractivity contribution in [1.82, 2.24) is 24.8 Å². The Morgan fingerprint density at radius 1 is 1.00 bits per heavy atom. The van der Waals surface area contributed by atoms with Gasteiger partial charge in [-0.3, -0.25) is 14.1 Å². The summed E-state index contributed by atoms with van der Waals surface area (Å²) in [6.45, 7) is 0.843. The zero-order valence-electron chi connectivity index (χ0n) is 21.3. The van der Waals surface area contributed by atoms with Crippen LogP contribution < -0.4 is 10.5 Å². The Labute approximate surface area is 225 Å². The number of aromatic amines is 1. The van der Waals surface area contributed by atoms with Gasteiger partial charge in [0.05, 0.1) is 29.3 Å². The van der Waals surface area contributed by atoms with E-state index in [1.54, 1.807) is 18.2 Å². The third-order valence-corrected chi connectivity index (χ3v) is 7.78. The molecule has 200 valence electrons. The molecule has 3 heterocycles. The third-order valence-electron chi connectivity index (χ3n) is 7.40. The highest BCUT2D eigenvalue weighted by Crippen LogP contribution is 2.38. The van der Waals surface area contributed by atoms with Gasteiger partial charge < -0.3 is 20.0 Å². The molecule has 2 atom stereocenters. The Morgan fingerprint density at radius 3 is 2.55 bits per heavy atom. The van der Waals surface area contributed by atoms with Crippen LogP contribution in [0.1, 0.15) is 61.6 Å². The van der Waals surface area contributed by atoms with Crippen LogP contribution in [-0.2, 0) is 24.2 Å². The Kier molecular flexibility index (Phi) is 8.75. The molecule has 0 spiro atoms. The number of nitrogens with zero attached hydrogens (tertiary/aromatic N) is 4. The second-order valence-electron chi connectivity index (χ2n) is 9.95. The van der Waals surface area contributed by atoms with Crippen molar-refractivity contribution in [3.8, 4) is 0 Å². The highest BCUT2D eigenvalue weighted by Gasteiger charge is 2.34. The number of fused-ring (bicyclic) bond motifs is 2. The maximum Gasteiger partial charge on any atom is 0.136 e. The maximum absolute atomic E-state index is 10.0. The van der Waals surface area contributed by atoms with Gasteiger partial charge in [-0.1, -0.05) is 24.3 Å². The molecule has 0 aliphatic heterocycles. The summed E-state index contributed by atoms with van der Waals surface area (Å²) in [5, 5.41) is 0. The van der Waals surface area contributed by atoms with Crippen LogP contribution >= 0.6 is 0 Å². The number of para-hydroxylation sites is 2. The molecule has 2 aliphatic carbocycles. The molecule has 1 fully saturated rings. The Hall–Kier alpha value is -3.18. The number of benzene rings is 1. The van der Waals surface area contributed by atoms with E-state index in [2.05, 4.69) is 56.0 Å². The summed E-state index contributed by atoms with van der Waals surface area (Å²) in [6.07, 6.45) is 11.6. The van der Waals surface area contributed by atoms with E-state index in [0.717, 1.165) is 42.7 Å². The molecule has 2 aliphatic rings. The van der Waals surface area contributed by atoms with Crippen molar-refractivity contribution in [3.63, 3.8) is 0 Å². The van der Waals surface area contributed by atoms with Crippen LogP contribution in [0.3, 0.4) is 0 Å². The van der Waals surface area contributed by atoms with Gasteiger partial charge in [-0.25, -0.2) is 9.97 Å². The minimum atomic E-state index is -2.28. The SMILES string of the molecule is NC1CCC(N(Cc2nc3ccccc3[nH]2)C2CCCc3cccnc32)CC1.O=S([O-])Nc1ccccn1. The zero-order chi connectivity index (χ0) is 26.3. The molecular formula is C28H34N7O2S-. The number of hydrogen-bond donors (Lipinski definition) is 3. The van der Waals surface area contributed by atoms with E-state index in [4.69, 9.17) is 15.7 Å². The third kappa shape index (κ3) is 6.63. The largest absolute Gasteiger partial charge is 0.755 e. The minimum Gasteiger partial charge on any atom is -0.755 e. The van der Waals surface area contributed by atoms with Crippen LogP contribution in [0.4, 0.5) is 5.82 Å². The van der Waals surface area contributed by atoms with Crippen LogP contribution in [0.2, 0.25) is 0 Å². The molecule has 0 bridgehead atoms. The number of nitrogens with two attached hydrogens (primary N) is 1. The summed E-state index contributed by atoms with van der Waals surface area (Å²) in [5.41, 5.74) is 11.1. The van der Waals surface area contributed by atoms with E-state index in [-0.39, 0.29) is 0 Å². The molecular weight excluding hydrogens is 498 g/mol. The first-order valence-electron chi connectivity index (χ1n) is 13.2. The second-order valence-corrected chi connectivity index (χ2v) is 10.6. The first kappa shape index (κ1) is 26.4. The van der Waals surface area contributed by atoms with Crippen molar-refractivity contribution < 1.29 is 8.76 Å². The molecule has 6 rings (SSSR count). The lowest BCUT2D eigenvalue weighted by Gasteiger charge is -2.42. The normalized spacial score (nSPS) is 21.8. The fraction of sp³-hybridized carbons (Fsp3) is 0.393. The zero-order valence-corrected chi connectivity index (χ0v) is 22.1. The Bertz CT molecular complexity index is 1310. The van der Waals surface area contributed by atoms with Crippen LogP contribution in [0.15, 0.2) is 67.0 Å². The minimum absolute atomic E-state index is 0.329. The molecule has 4 N–H and O–H groups in total. The summed E-state index contributed by atoms with van der Waals surface area (Å²) in [6, 6.07) is 18.9. The molecule has 3 aromatic heterocycles. The molecule has 0 amide bonds. The van der Waals surface area contributed by atoms with Crippen molar-refractivity contribution in [2.45, 2.75) is 69.6 Å². The number of aryl methyl sites for hydroxylation is 1. The van der Waals surface area contributed by atoms with Crippen LogP contribution in [0, 0.1) is 0 Å². The number of hydrogen-bond acceptors (Lipinski definition) is 7. The topological polar surface area (TPSA) is 136 Å². The number of anilines is 1. The van der Waals surface area contributed by atoms with E-state index in [1.165, 1.54) is 43.1 Å². The predicted octanol–water partition coefficient (Wildman–Crippen LogP) is 4.40. The second kappa shape index (κ2) is 12.6. The van der Waals surface area contributed by atoms with Gasteiger partial charge in [-0.05, 0) is 80.8 Å². The maximum atomic E-state index is 10.0. The van der Waals surface area contributed by atoms with Gasteiger partial charge in [0.2, 0.25) is 0 Å². The lowest BCUT2D eigenvalue weighted by atomic mass is 9.86. The standard InChI is InChI=1S/C23H29N5.C5H6N2O2S/c24-17-10-12-18(13-11-17)28(15-22-26-19-7-1-2-8-20(19)27-22)21-9-3-5-16-6-4-14-25-23(16)21;8-10(9)7-5-3-1-2-4-6-5/h1-2,4,6-8,14,17-18,21H,3,5,9-13,15,24H2,(H,26,27);1-4H,(H,6,7)(H,8,9)/p-1. The number of H-pyrrole nitrogens is 1. The summed E-state index contributed by atoms with van der Waals surface area (Å²) in [5.74, 6) is 1.38. The first-order chi connectivity index (χ1) is 18.6. The monoisotopic (exact) mass is 532 g/mol. The molecule has 2 unspecified atom stereocenters. The first-order valence-corrected chi connectivity index (χ1v) is 14.3. The Balaban J connectivity index is 0.000000249. The van der Waals surface area contributed by atoms with E-state index in [1.807, 2.05) is 6.20 Å². The van der Waals surface area contributed by atoms with Gasteiger partial charge in [0.25, 0.3) is 0 Å². The average molecular weight is 533 g/mol. The average Bonchev–Trinajstić information content (AvgIpc) is 3.35. The number of nitrogens with one attached hydrogen (secondary N) is 2. The molecule has 9 nitrogen and oxygen atoms in total. The fourth-order valence-electron chi connectivity index (χ4n) is 5.60. The van der Waals surface area contributed by atoms with E-state index >= 15 is 0 Å². The van der Waals surface area contributed by atoms with Crippen molar-refractivity contribution >= 4 is 28.1 Å². The van der Waals surface area contributed by atoms with E-state index in [9.17, 15) is 8.76 Å². The number of imidazole rings is 1.